The van der Waals surface area contributed by atoms with Gasteiger partial charge in [0.1, 0.15) is 5.60 Å². The van der Waals surface area contributed by atoms with Gasteiger partial charge in [0, 0.05) is 12.0 Å². The summed E-state index contributed by atoms with van der Waals surface area (Å²) in [5.74, 6) is 0.117. The number of alkyl carbamates (subject to hydrolysis) is 1. The molecule has 4 N–H and O–H groups in total. The lowest BCUT2D eigenvalue weighted by molar-refractivity contribution is 0.0500. The van der Waals surface area contributed by atoms with E-state index in [-0.39, 0.29) is 17.8 Å². The van der Waals surface area contributed by atoms with Crippen LogP contribution in [0, 0.1) is 11.3 Å². The topological polar surface area (TPSA) is 88.2 Å². The van der Waals surface area contributed by atoms with Gasteiger partial charge in [0.2, 0.25) is 0 Å². The van der Waals surface area contributed by atoms with Crippen LogP contribution in [0.15, 0.2) is 0 Å². The van der Waals surface area contributed by atoms with Crippen molar-refractivity contribution in [2.75, 3.05) is 0 Å². The summed E-state index contributed by atoms with van der Waals surface area (Å²) >= 11 is 0. The quantitative estimate of drug-likeness (QED) is 0.494. The number of carbonyl (C=O) groups excluding carboxylic acids is 1. The Balaban J connectivity index is 2.47. The standard InChI is InChI=1S/C11H21N3O2/c1-11(2,3)16-10(15)14-8-6-4-5-7(8)9(12)13/h7-8H,4-6H2,1-3H3,(H3,12,13)(H,14,15). The molecule has 0 aromatic carbocycles. The number of hydrogen-bond donors (Lipinski definition) is 3. The highest BCUT2D eigenvalue weighted by atomic mass is 16.6. The first-order chi connectivity index (χ1) is 7.29. The molecule has 0 heterocycles. The minimum atomic E-state index is -0.492. The third kappa shape index (κ3) is 3.72. The Morgan fingerprint density at radius 1 is 1.44 bits per heavy atom. The zero-order chi connectivity index (χ0) is 12.3. The zero-order valence-electron chi connectivity index (χ0n) is 10.2. The predicted octanol–water partition coefficient (Wildman–Crippen LogP) is 1.62. The fourth-order valence-corrected chi connectivity index (χ4v) is 1.96. The number of hydrogen-bond acceptors (Lipinski definition) is 3. The number of ether oxygens (including phenoxy) is 1. The molecule has 1 rings (SSSR count). The van der Waals surface area contributed by atoms with Crippen molar-refractivity contribution >= 4 is 11.9 Å². The van der Waals surface area contributed by atoms with E-state index in [2.05, 4.69) is 5.32 Å². The summed E-state index contributed by atoms with van der Waals surface area (Å²) in [6, 6.07) is -0.0488. The number of carbonyl (C=O) groups is 1. The van der Waals surface area contributed by atoms with Gasteiger partial charge in [-0.15, -0.1) is 0 Å². The molecule has 1 fully saturated rings. The van der Waals surface area contributed by atoms with Crippen molar-refractivity contribution in [3.05, 3.63) is 0 Å². The minimum absolute atomic E-state index is 0.0347. The Bertz CT molecular complexity index is 283. The van der Waals surface area contributed by atoms with Crippen molar-refractivity contribution in [2.24, 2.45) is 11.7 Å². The van der Waals surface area contributed by atoms with Gasteiger partial charge in [0.15, 0.2) is 0 Å². The van der Waals surface area contributed by atoms with Crippen molar-refractivity contribution in [1.82, 2.24) is 5.32 Å². The van der Waals surface area contributed by atoms with Gasteiger partial charge in [-0.25, -0.2) is 4.79 Å². The van der Waals surface area contributed by atoms with Crippen molar-refractivity contribution in [1.29, 1.82) is 5.41 Å². The highest BCUT2D eigenvalue weighted by molar-refractivity contribution is 5.81. The molecule has 1 aliphatic rings. The lowest BCUT2D eigenvalue weighted by atomic mass is 10.0. The summed E-state index contributed by atoms with van der Waals surface area (Å²) in [5, 5.41) is 10.2. The molecule has 0 spiro atoms. The molecule has 16 heavy (non-hydrogen) atoms. The highest BCUT2D eigenvalue weighted by Crippen LogP contribution is 2.25. The van der Waals surface area contributed by atoms with Gasteiger partial charge in [-0.2, -0.15) is 0 Å². The van der Waals surface area contributed by atoms with Crippen molar-refractivity contribution in [3.8, 4) is 0 Å². The summed E-state index contributed by atoms with van der Waals surface area (Å²) in [6.45, 7) is 5.47. The van der Waals surface area contributed by atoms with Gasteiger partial charge in [-0.1, -0.05) is 6.42 Å². The van der Waals surface area contributed by atoms with Crippen molar-refractivity contribution < 1.29 is 9.53 Å². The van der Waals surface area contributed by atoms with Crippen LogP contribution >= 0.6 is 0 Å². The van der Waals surface area contributed by atoms with Crippen molar-refractivity contribution in [3.63, 3.8) is 0 Å². The smallest absolute Gasteiger partial charge is 0.407 e. The van der Waals surface area contributed by atoms with E-state index >= 15 is 0 Å². The molecular weight excluding hydrogens is 206 g/mol. The summed E-state index contributed by atoms with van der Waals surface area (Å²) in [4.78, 5) is 11.5. The lowest BCUT2D eigenvalue weighted by Gasteiger charge is -2.24. The Morgan fingerprint density at radius 3 is 2.56 bits per heavy atom. The SMILES string of the molecule is CC(C)(C)OC(=O)NC1CCCC1C(=N)N. The molecular formula is C11H21N3O2. The number of nitrogens with one attached hydrogen (secondary N) is 2. The number of rotatable bonds is 2. The lowest BCUT2D eigenvalue weighted by Crippen LogP contribution is -2.44. The maximum Gasteiger partial charge on any atom is 0.407 e. The molecule has 0 aromatic heterocycles. The average Bonchev–Trinajstić information content (AvgIpc) is 2.47. The normalized spacial score (nSPS) is 25.2. The van der Waals surface area contributed by atoms with Gasteiger partial charge in [-0.05, 0) is 33.6 Å². The molecule has 92 valence electrons. The second kappa shape index (κ2) is 4.72. The molecule has 0 aliphatic heterocycles. The number of amides is 1. The molecule has 0 saturated heterocycles. The van der Waals surface area contributed by atoms with E-state index in [0.717, 1.165) is 19.3 Å². The Morgan fingerprint density at radius 2 is 2.06 bits per heavy atom. The second-order valence-corrected chi connectivity index (χ2v) is 5.25. The largest absolute Gasteiger partial charge is 0.444 e. The first-order valence-corrected chi connectivity index (χ1v) is 5.63. The summed E-state index contributed by atoms with van der Waals surface area (Å²) in [6.07, 6.45) is 2.30. The van der Waals surface area contributed by atoms with Crippen LogP contribution in [0.25, 0.3) is 0 Å². The van der Waals surface area contributed by atoms with E-state index < -0.39 is 11.7 Å². The molecule has 0 aromatic rings. The maximum absolute atomic E-state index is 11.5. The van der Waals surface area contributed by atoms with Crippen LogP contribution in [0.4, 0.5) is 4.79 Å². The Kier molecular flexibility index (Phi) is 3.78. The highest BCUT2D eigenvalue weighted by Gasteiger charge is 2.31. The second-order valence-electron chi connectivity index (χ2n) is 5.25. The van der Waals surface area contributed by atoms with E-state index in [9.17, 15) is 4.79 Å². The van der Waals surface area contributed by atoms with Crippen LogP contribution in [0.1, 0.15) is 40.0 Å². The van der Waals surface area contributed by atoms with Crippen LogP contribution in [-0.4, -0.2) is 23.6 Å². The fraction of sp³-hybridized carbons (Fsp3) is 0.818. The third-order valence-corrected chi connectivity index (χ3v) is 2.62. The molecule has 1 saturated carbocycles. The molecule has 2 unspecified atom stereocenters. The van der Waals surface area contributed by atoms with E-state index in [1.165, 1.54) is 0 Å². The molecule has 1 amide bonds. The van der Waals surface area contributed by atoms with E-state index in [4.69, 9.17) is 15.9 Å². The number of amidine groups is 1. The van der Waals surface area contributed by atoms with Crippen molar-refractivity contribution in [2.45, 2.75) is 51.7 Å². The average molecular weight is 227 g/mol. The van der Waals surface area contributed by atoms with Crippen LogP contribution in [0.2, 0.25) is 0 Å². The van der Waals surface area contributed by atoms with Gasteiger partial charge >= 0.3 is 6.09 Å². The van der Waals surface area contributed by atoms with Gasteiger partial charge in [-0.3, -0.25) is 5.41 Å². The third-order valence-electron chi connectivity index (χ3n) is 2.62. The molecule has 0 radical (unpaired) electrons. The van der Waals surface area contributed by atoms with E-state index in [1.54, 1.807) is 0 Å². The molecule has 5 nitrogen and oxygen atoms in total. The van der Waals surface area contributed by atoms with Crippen LogP contribution in [0.3, 0.4) is 0 Å². The van der Waals surface area contributed by atoms with Gasteiger partial charge < -0.3 is 15.8 Å². The van der Waals surface area contributed by atoms with E-state index in [0.29, 0.717) is 0 Å². The molecule has 5 heteroatoms. The van der Waals surface area contributed by atoms with Crippen LogP contribution < -0.4 is 11.1 Å². The maximum atomic E-state index is 11.5. The number of nitrogens with two attached hydrogens (primary N) is 1. The summed E-state index contributed by atoms with van der Waals surface area (Å²) in [7, 11) is 0. The van der Waals surface area contributed by atoms with E-state index in [1.807, 2.05) is 20.8 Å². The van der Waals surface area contributed by atoms with Gasteiger partial charge in [0.25, 0.3) is 0 Å². The molecule has 2 atom stereocenters. The minimum Gasteiger partial charge on any atom is -0.444 e. The fourth-order valence-electron chi connectivity index (χ4n) is 1.96. The summed E-state index contributed by atoms with van der Waals surface area (Å²) < 4.78 is 5.17. The Hall–Kier alpha value is -1.26. The van der Waals surface area contributed by atoms with Crippen LogP contribution in [0.5, 0.6) is 0 Å². The first-order valence-electron chi connectivity index (χ1n) is 5.63. The predicted molar refractivity (Wildman–Crippen MR) is 62.4 cm³/mol. The zero-order valence-corrected chi connectivity index (χ0v) is 10.2. The monoisotopic (exact) mass is 227 g/mol. The summed E-state index contributed by atoms with van der Waals surface area (Å²) in [5.41, 5.74) is 4.99. The molecule has 0 bridgehead atoms. The Labute approximate surface area is 96.2 Å². The molecule has 1 aliphatic carbocycles. The van der Waals surface area contributed by atoms with Crippen LogP contribution in [-0.2, 0) is 4.74 Å². The van der Waals surface area contributed by atoms with Gasteiger partial charge in [0.05, 0.1) is 5.84 Å². The first kappa shape index (κ1) is 12.8.